The van der Waals surface area contributed by atoms with E-state index in [1.165, 1.54) is 0 Å². The maximum atomic E-state index is 9.24. The summed E-state index contributed by atoms with van der Waals surface area (Å²) in [5, 5.41) is 7.57. The summed E-state index contributed by atoms with van der Waals surface area (Å²) >= 11 is 0.685. The van der Waals surface area contributed by atoms with Crippen LogP contribution in [0.4, 0.5) is 0 Å². The first-order chi connectivity index (χ1) is 2.41. The molecule has 5 heteroatoms. The van der Waals surface area contributed by atoms with Gasteiger partial charge in [-0.1, -0.05) is 0 Å². The summed E-state index contributed by atoms with van der Waals surface area (Å²) in [7, 11) is -0.165. The van der Waals surface area contributed by atoms with Crippen molar-refractivity contribution < 1.29 is 9.77 Å². The molecule has 0 amide bonds. The van der Waals surface area contributed by atoms with Crippen molar-refractivity contribution in [3.05, 3.63) is 0 Å². The van der Waals surface area contributed by atoms with E-state index in [9.17, 15) is 4.57 Å². The monoisotopic (exact) mass is 111 g/mol. The van der Waals surface area contributed by atoms with Crippen molar-refractivity contribution in [3.63, 3.8) is 0 Å². The first-order valence-corrected chi connectivity index (χ1v) is 3.03. The van der Waals surface area contributed by atoms with Gasteiger partial charge < -0.3 is 5.21 Å². The molecule has 0 rings (SSSR count). The fourth-order valence-electron chi connectivity index (χ4n) is 0.0167. The molecule has 0 heterocycles. The smallest absolute Gasteiger partial charge is 0.245 e. The van der Waals surface area contributed by atoms with Crippen LogP contribution in [-0.2, 0) is 4.57 Å². The van der Waals surface area contributed by atoms with Gasteiger partial charge in [0.05, 0.1) is 0 Å². The number of nitrogens with one attached hydrogen (secondary N) is 1. The van der Waals surface area contributed by atoms with Gasteiger partial charge in [-0.2, -0.15) is 0 Å². The molecule has 0 aliphatic rings. The molecule has 0 aromatic carbocycles. The van der Waals surface area contributed by atoms with E-state index in [-0.39, 0.29) is 7.66 Å². The third kappa shape index (κ3) is 4.37. The minimum absolute atomic E-state index is 0.165. The minimum atomic E-state index is -0.165. The first kappa shape index (κ1) is 5.37. The van der Waals surface area contributed by atoms with Crippen molar-refractivity contribution in [3.8, 4) is 0 Å². The van der Waals surface area contributed by atoms with E-state index in [0.29, 0.717) is 11.6 Å². The molecule has 5 heavy (non-hydrogen) atoms. The second-order valence-corrected chi connectivity index (χ2v) is 1.77. The molecule has 0 radical (unpaired) electrons. The highest BCUT2D eigenvalue weighted by Crippen LogP contribution is 2.08. The van der Waals surface area contributed by atoms with Crippen molar-refractivity contribution in [2.24, 2.45) is 0 Å². The maximum absolute atomic E-state index is 9.24. The molecule has 0 aliphatic heterocycles. The molecule has 0 aliphatic carbocycles. The van der Waals surface area contributed by atoms with Crippen LogP contribution in [0, 0.1) is 0 Å². The molecule has 0 atom stereocenters. The summed E-state index contributed by atoms with van der Waals surface area (Å²) in [4.78, 5) is 1.61. The molecule has 0 bridgehead atoms. The first-order valence-electron chi connectivity index (χ1n) is 0.793. The molecule has 0 spiro atoms. The van der Waals surface area contributed by atoms with E-state index in [2.05, 4.69) is 0 Å². The van der Waals surface area contributed by atoms with Gasteiger partial charge >= 0.3 is 0 Å². The standard InChI is InChI=1S/H2NO2PS/c2-1-5-4-3/h1-2H. The summed E-state index contributed by atoms with van der Waals surface area (Å²) in [6.07, 6.45) is 0. The second kappa shape index (κ2) is 4.37. The Hall–Kier alpha value is 0.370. The third-order valence-electron chi connectivity index (χ3n) is 0.0781. The van der Waals surface area contributed by atoms with Crippen LogP contribution in [0.1, 0.15) is 0 Å². The van der Waals surface area contributed by atoms with E-state index in [1.54, 1.807) is 4.89 Å². The van der Waals surface area contributed by atoms with Crippen LogP contribution in [0.25, 0.3) is 0 Å². The summed E-state index contributed by atoms with van der Waals surface area (Å²) < 4.78 is 9.24. The van der Waals surface area contributed by atoms with Gasteiger partial charge in [0.2, 0.25) is 7.66 Å². The van der Waals surface area contributed by atoms with Gasteiger partial charge in [-0.3, -0.25) is 4.57 Å². The van der Waals surface area contributed by atoms with Gasteiger partial charge in [-0.25, -0.2) is 0 Å². The highest BCUT2D eigenvalue weighted by atomic mass is 32.7. The molecule has 3 nitrogen and oxygen atoms in total. The molecule has 0 aromatic rings. The Morgan fingerprint density at radius 3 is 2.60 bits per heavy atom. The van der Waals surface area contributed by atoms with Crippen molar-refractivity contribution in [1.82, 2.24) is 4.89 Å². The summed E-state index contributed by atoms with van der Waals surface area (Å²) in [6, 6.07) is 0. The lowest BCUT2D eigenvalue weighted by Gasteiger charge is -1.72. The van der Waals surface area contributed by atoms with Crippen LogP contribution in [-0.4, -0.2) is 5.21 Å². The van der Waals surface area contributed by atoms with Gasteiger partial charge in [-0.15, -0.1) is 4.89 Å². The number of hydrogen-bond acceptors (Lipinski definition) is 4. The van der Waals surface area contributed by atoms with Crippen molar-refractivity contribution in [2.45, 2.75) is 0 Å². The SMILES string of the molecule is O=PSNO. The minimum Gasteiger partial charge on any atom is -0.305 e. The summed E-state index contributed by atoms with van der Waals surface area (Å²) in [5.41, 5.74) is 0. The average Bonchev–Trinajstić information content (AvgIpc) is 1.41. The Kier molecular flexibility index (Phi) is 4.69. The zero-order valence-corrected chi connectivity index (χ0v) is 3.92. The second-order valence-electron chi connectivity index (χ2n) is 0.257. The Balaban J connectivity index is 2.40. The Labute approximate surface area is 34.8 Å². The molecule has 2 N–H and O–H groups in total. The third-order valence-corrected chi connectivity index (χ3v) is 0.703. The molecule has 0 saturated heterocycles. The quantitative estimate of drug-likeness (QED) is 0.314. The number of rotatable bonds is 2. The van der Waals surface area contributed by atoms with Crippen molar-refractivity contribution in [2.75, 3.05) is 0 Å². The van der Waals surface area contributed by atoms with Crippen LogP contribution in [0.3, 0.4) is 0 Å². The summed E-state index contributed by atoms with van der Waals surface area (Å²) in [5.74, 6) is 0. The highest BCUT2D eigenvalue weighted by molar-refractivity contribution is 8.44. The van der Waals surface area contributed by atoms with Crippen LogP contribution in [0.2, 0.25) is 0 Å². The van der Waals surface area contributed by atoms with E-state index in [0.717, 1.165) is 0 Å². The maximum Gasteiger partial charge on any atom is 0.245 e. The number of hydrogen-bond donors (Lipinski definition) is 2. The lowest BCUT2D eigenvalue weighted by atomic mass is 13.5. The van der Waals surface area contributed by atoms with Crippen molar-refractivity contribution in [1.29, 1.82) is 0 Å². The van der Waals surface area contributed by atoms with E-state index in [4.69, 9.17) is 5.21 Å². The van der Waals surface area contributed by atoms with Crippen molar-refractivity contribution >= 4 is 19.2 Å². The molecule has 0 aromatic heterocycles. The largest absolute Gasteiger partial charge is 0.305 e. The van der Waals surface area contributed by atoms with E-state index < -0.39 is 0 Å². The summed E-state index contributed by atoms with van der Waals surface area (Å²) in [6.45, 7) is 0. The zero-order chi connectivity index (χ0) is 4.12. The zero-order valence-electron chi connectivity index (χ0n) is 2.21. The fourth-order valence-corrected chi connectivity index (χ4v) is 0.150. The van der Waals surface area contributed by atoms with Gasteiger partial charge in [0, 0.05) is 11.6 Å². The molecule has 0 unspecified atom stereocenters. The van der Waals surface area contributed by atoms with E-state index >= 15 is 0 Å². The predicted molar refractivity (Wildman–Crippen MR) is 20.1 cm³/mol. The average molecular weight is 111 g/mol. The van der Waals surface area contributed by atoms with Crippen LogP contribution in [0.5, 0.6) is 0 Å². The molecular weight excluding hydrogens is 109 g/mol. The molecule has 0 fully saturated rings. The molecule has 0 saturated carbocycles. The van der Waals surface area contributed by atoms with Gasteiger partial charge in [-0.05, 0) is 0 Å². The Bertz CT molecular complexity index is 30.8. The normalized spacial score (nSPS) is 9.00. The van der Waals surface area contributed by atoms with Crippen LogP contribution < -0.4 is 4.89 Å². The predicted octanol–water partition coefficient (Wildman–Crippen LogP) is 0.820. The lowest BCUT2D eigenvalue weighted by Crippen LogP contribution is -1.84. The molecular formula is H2NO2PS. The van der Waals surface area contributed by atoms with Gasteiger partial charge in [0.1, 0.15) is 0 Å². The van der Waals surface area contributed by atoms with Crippen LogP contribution in [0.15, 0.2) is 0 Å². The van der Waals surface area contributed by atoms with Gasteiger partial charge in [0.25, 0.3) is 0 Å². The van der Waals surface area contributed by atoms with Gasteiger partial charge in [0.15, 0.2) is 0 Å². The molecule has 30 valence electrons. The fraction of sp³-hybridized carbons (Fsp3) is 0. The highest BCUT2D eigenvalue weighted by Gasteiger charge is 1.67. The van der Waals surface area contributed by atoms with E-state index in [1.807, 2.05) is 0 Å². The Morgan fingerprint density at radius 2 is 2.60 bits per heavy atom. The lowest BCUT2D eigenvalue weighted by molar-refractivity contribution is 0.260. The van der Waals surface area contributed by atoms with Crippen LogP contribution >= 0.6 is 19.2 Å². The Morgan fingerprint density at radius 1 is 2.00 bits per heavy atom. The topological polar surface area (TPSA) is 49.3 Å².